The molecule has 2 N–H and O–H groups in total. The van der Waals surface area contributed by atoms with Crippen molar-refractivity contribution in [2.75, 3.05) is 33.4 Å². The minimum Gasteiger partial charge on any atom is -0.468 e. The Labute approximate surface area is 125 Å². The van der Waals surface area contributed by atoms with Crippen molar-refractivity contribution in [2.24, 2.45) is 5.92 Å². The molecule has 122 valence electrons. The largest absolute Gasteiger partial charge is 0.468 e. The molecule has 0 bridgehead atoms. The lowest BCUT2D eigenvalue weighted by Gasteiger charge is -2.26. The first-order valence-electron chi connectivity index (χ1n) is 7.16. The molecule has 0 spiro atoms. The molecule has 1 heterocycles. The predicted molar refractivity (Wildman–Crippen MR) is 76.8 cm³/mol. The molecule has 0 aromatic rings. The zero-order valence-corrected chi connectivity index (χ0v) is 13.2. The second-order valence-corrected chi connectivity index (χ2v) is 6.25. The fraction of sp³-hybridized carbons (Fsp3) is 0.857. The third kappa shape index (κ3) is 5.89. The van der Waals surface area contributed by atoms with Crippen LogP contribution < -0.4 is 5.32 Å². The van der Waals surface area contributed by atoms with E-state index in [4.69, 9.17) is 9.47 Å². The topological polar surface area (TPSA) is 88.1 Å². The van der Waals surface area contributed by atoms with Crippen LogP contribution in [0.2, 0.25) is 0 Å². The Balaban J connectivity index is 2.55. The zero-order valence-electron chi connectivity index (χ0n) is 13.2. The van der Waals surface area contributed by atoms with Gasteiger partial charge in [-0.3, -0.25) is 9.69 Å². The Kier molecular flexibility index (Phi) is 6.42. The van der Waals surface area contributed by atoms with E-state index in [0.29, 0.717) is 13.1 Å². The quantitative estimate of drug-likeness (QED) is 0.713. The molecule has 7 nitrogen and oxygen atoms in total. The average molecular weight is 302 g/mol. The molecule has 1 amide bonds. The van der Waals surface area contributed by atoms with Gasteiger partial charge < -0.3 is 19.9 Å². The smallest absolute Gasteiger partial charge is 0.407 e. The number of nitrogens with zero attached hydrogens (tertiary/aromatic N) is 1. The maximum absolute atomic E-state index is 11.9. The Bertz CT molecular complexity index is 367. The third-order valence-corrected chi connectivity index (χ3v) is 3.33. The Morgan fingerprint density at radius 1 is 1.43 bits per heavy atom. The number of hydrogen-bond acceptors (Lipinski definition) is 6. The van der Waals surface area contributed by atoms with Gasteiger partial charge in [-0.05, 0) is 39.7 Å². The van der Waals surface area contributed by atoms with Crippen LogP contribution in [0.1, 0.15) is 27.2 Å². The number of methoxy groups -OCH3 is 1. The maximum atomic E-state index is 11.9. The van der Waals surface area contributed by atoms with Crippen LogP contribution >= 0.6 is 0 Å². The summed E-state index contributed by atoms with van der Waals surface area (Å²) in [5, 5.41) is 11.8. The van der Waals surface area contributed by atoms with E-state index < -0.39 is 23.7 Å². The normalized spacial score (nSPS) is 20.9. The number of rotatable bonds is 5. The van der Waals surface area contributed by atoms with Crippen molar-refractivity contribution in [2.45, 2.75) is 38.8 Å². The van der Waals surface area contributed by atoms with Gasteiger partial charge >= 0.3 is 12.1 Å². The monoisotopic (exact) mass is 302 g/mol. The summed E-state index contributed by atoms with van der Waals surface area (Å²) in [6.45, 7) is 6.86. The Morgan fingerprint density at radius 2 is 2.10 bits per heavy atom. The van der Waals surface area contributed by atoms with E-state index in [9.17, 15) is 14.7 Å². The molecule has 0 aromatic heterocycles. The number of aliphatic hydroxyl groups is 1. The molecule has 7 heteroatoms. The van der Waals surface area contributed by atoms with Gasteiger partial charge in [-0.2, -0.15) is 0 Å². The Hall–Kier alpha value is -1.34. The lowest BCUT2D eigenvalue weighted by molar-refractivity contribution is -0.146. The molecule has 21 heavy (non-hydrogen) atoms. The fourth-order valence-electron chi connectivity index (χ4n) is 2.29. The van der Waals surface area contributed by atoms with Crippen LogP contribution in [0.4, 0.5) is 4.79 Å². The Morgan fingerprint density at radius 3 is 2.57 bits per heavy atom. The van der Waals surface area contributed by atoms with E-state index in [1.54, 1.807) is 20.8 Å². The number of likely N-dealkylation sites (tertiary alicyclic amines) is 1. The van der Waals surface area contributed by atoms with Crippen molar-refractivity contribution in [3.8, 4) is 0 Å². The van der Waals surface area contributed by atoms with E-state index in [1.165, 1.54) is 7.11 Å². The molecule has 2 atom stereocenters. The summed E-state index contributed by atoms with van der Waals surface area (Å²) in [5.41, 5.74) is -0.583. The number of ether oxygens (including phenoxy) is 2. The van der Waals surface area contributed by atoms with Crippen molar-refractivity contribution in [3.05, 3.63) is 0 Å². The van der Waals surface area contributed by atoms with Gasteiger partial charge in [0.2, 0.25) is 0 Å². The number of esters is 1. The lowest BCUT2D eigenvalue weighted by atomic mass is 10.1. The summed E-state index contributed by atoms with van der Waals surface area (Å²) >= 11 is 0. The van der Waals surface area contributed by atoms with Gasteiger partial charge in [0.05, 0.1) is 7.11 Å². The summed E-state index contributed by atoms with van der Waals surface area (Å²) in [7, 11) is 1.32. The van der Waals surface area contributed by atoms with Crippen molar-refractivity contribution in [3.63, 3.8) is 0 Å². The number of hydrogen-bond donors (Lipinski definition) is 2. The second kappa shape index (κ2) is 7.61. The van der Waals surface area contributed by atoms with Gasteiger partial charge in [-0.15, -0.1) is 0 Å². The molecule has 1 aliphatic heterocycles. The van der Waals surface area contributed by atoms with Gasteiger partial charge in [-0.25, -0.2) is 4.79 Å². The third-order valence-electron chi connectivity index (χ3n) is 3.33. The van der Waals surface area contributed by atoms with Crippen LogP contribution in [-0.2, 0) is 14.3 Å². The second-order valence-electron chi connectivity index (χ2n) is 6.25. The molecule has 0 aromatic carbocycles. The first-order valence-corrected chi connectivity index (χ1v) is 7.16. The van der Waals surface area contributed by atoms with Crippen LogP contribution in [0.25, 0.3) is 0 Å². The van der Waals surface area contributed by atoms with Crippen LogP contribution in [0.3, 0.4) is 0 Å². The summed E-state index contributed by atoms with van der Waals surface area (Å²) < 4.78 is 9.94. The highest BCUT2D eigenvalue weighted by atomic mass is 16.6. The van der Waals surface area contributed by atoms with Gasteiger partial charge in [0, 0.05) is 19.7 Å². The number of aliphatic hydroxyl groups excluding tert-OH is 1. The maximum Gasteiger partial charge on any atom is 0.407 e. The SMILES string of the molecule is COC(=O)[C@H](CNC(=O)OC(C)(C)C)N1CC[C@@H](CO)C1. The zero-order chi connectivity index (χ0) is 16.0. The van der Waals surface area contributed by atoms with Crippen LogP contribution in [0.5, 0.6) is 0 Å². The molecular weight excluding hydrogens is 276 g/mol. The number of alkyl carbamates (subject to hydrolysis) is 1. The molecule has 0 saturated carbocycles. The summed E-state index contributed by atoms with van der Waals surface area (Å²) in [5.74, 6) is -0.233. The molecular formula is C14H26N2O5. The predicted octanol–water partition coefficient (Wildman–Crippen LogP) is 0.367. The molecule has 1 aliphatic rings. The minimum atomic E-state index is -0.583. The highest BCUT2D eigenvalue weighted by Crippen LogP contribution is 2.18. The van der Waals surface area contributed by atoms with E-state index in [0.717, 1.165) is 6.42 Å². The van der Waals surface area contributed by atoms with E-state index >= 15 is 0 Å². The van der Waals surface area contributed by atoms with Crippen molar-refractivity contribution >= 4 is 12.1 Å². The summed E-state index contributed by atoms with van der Waals surface area (Å²) in [6, 6.07) is -0.556. The van der Waals surface area contributed by atoms with Gasteiger partial charge in [0.25, 0.3) is 0 Å². The number of carbonyl (C=O) groups excluding carboxylic acids is 2. The highest BCUT2D eigenvalue weighted by molar-refractivity contribution is 5.77. The van der Waals surface area contributed by atoms with E-state index in [2.05, 4.69) is 5.32 Å². The average Bonchev–Trinajstić information content (AvgIpc) is 2.85. The fourth-order valence-corrected chi connectivity index (χ4v) is 2.29. The number of carbonyl (C=O) groups is 2. The summed E-state index contributed by atoms with van der Waals surface area (Å²) in [4.78, 5) is 25.5. The molecule has 0 radical (unpaired) electrons. The van der Waals surface area contributed by atoms with Crippen molar-refractivity contribution in [1.82, 2.24) is 10.2 Å². The van der Waals surface area contributed by atoms with Gasteiger partial charge in [0.15, 0.2) is 0 Å². The molecule has 1 saturated heterocycles. The molecule has 0 unspecified atom stereocenters. The van der Waals surface area contributed by atoms with Crippen molar-refractivity contribution < 1.29 is 24.2 Å². The van der Waals surface area contributed by atoms with Crippen LogP contribution in [0.15, 0.2) is 0 Å². The number of amides is 1. The van der Waals surface area contributed by atoms with Crippen molar-refractivity contribution in [1.29, 1.82) is 0 Å². The molecule has 1 rings (SSSR count). The van der Waals surface area contributed by atoms with Gasteiger partial charge in [0.1, 0.15) is 11.6 Å². The van der Waals surface area contributed by atoms with E-state index in [-0.39, 0.29) is 19.1 Å². The van der Waals surface area contributed by atoms with E-state index in [1.807, 2.05) is 4.90 Å². The lowest BCUT2D eigenvalue weighted by Crippen LogP contribution is -2.49. The number of nitrogens with one attached hydrogen (secondary N) is 1. The van der Waals surface area contributed by atoms with Crippen LogP contribution in [-0.4, -0.2) is 67.1 Å². The minimum absolute atomic E-state index is 0.101. The van der Waals surface area contributed by atoms with Gasteiger partial charge in [-0.1, -0.05) is 0 Å². The van der Waals surface area contributed by atoms with Crippen LogP contribution in [0, 0.1) is 5.92 Å². The molecule has 0 aliphatic carbocycles. The first kappa shape index (κ1) is 17.7. The first-order chi connectivity index (χ1) is 9.76. The summed E-state index contributed by atoms with van der Waals surface area (Å²) in [6.07, 6.45) is 0.269. The standard InChI is InChI=1S/C14H26N2O5/c1-14(2,3)21-13(19)15-7-11(12(18)20-4)16-6-5-10(8-16)9-17/h10-11,17H,5-9H2,1-4H3,(H,15,19)/t10-,11+/m1/s1. The highest BCUT2D eigenvalue weighted by Gasteiger charge is 2.33. The molecule has 1 fully saturated rings.